The van der Waals surface area contributed by atoms with Crippen molar-refractivity contribution in [2.75, 3.05) is 6.61 Å². The molecule has 0 spiro atoms. The Morgan fingerprint density at radius 2 is 1.95 bits per heavy atom. The summed E-state index contributed by atoms with van der Waals surface area (Å²) in [6, 6.07) is 8.46. The van der Waals surface area contributed by atoms with E-state index in [9.17, 15) is 14.7 Å². The third kappa shape index (κ3) is 2.97. The van der Waals surface area contributed by atoms with Crippen molar-refractivity contribution in [2.45, 2.75) is 32.2 Å². The van der Waals surface area contributed by atoms with Crippen molar-refractivity contribution in [1.82, 2.24) is 10.3 Å². The van der Waals surface area contributed by atoms with Gasteiger partial charge in [0.15, 0.2) is 0 Å². The molecule has 0 aliphatic heterocycles. The van der Waals surface area contributed by atoms with Gasteiger partial charge in [0, 0.05) is 17.0 Å². The number of hydrogen-bond donors (Lipinski definition) is 3. The first-order valence-corrected chi connectivity index (χ1v) is 7.10. The molecule has 5 nitrogen and oxygen atoms in total. The van der Waals surface area contributed by atoms with Crippen LogP contribution in [0.3, 0.4) is 0 Å². The zero-order chi connectivity index (χ0) is 15.5. The molecular weight excluding hydrogens is 268 g/mol. The molecular formula is C16H20N2O3. The molecule has 0 radical (unpaired) electrons. The fourth-order valence-corrected chi connectivity index (χ4v) is 2.39. The number of nitrogens with one attached hydrogen (secondary N) is 2. The van der Waals surface area contributed by atoms with Crippen LogP contribution in [-0.4, -0.2) is 28.1 Å². The number of carbonyl (C=O) groups is 1. The lowest BCUT2D eigenvalue weighted by atomic mass is 9.93. The molecule has 5 heteroatoms. The molecule has 1 heterocycles. The first-order valence-electron chi connectivity index (χ1n) is 7.10. The van der Waals surface area contributed by atoms with Gasteiger partial charge in [-0.2, -0.15) is 0 Å². The van der Waals surface area contributed by atoms with Crippen LogP contribution in [0.1, 0.15) is 37.0 Å². The number of amides is 1. The molecule has 1 aromatic heterocycles. The topological polar surface area (TPSA) is 82.2 Å². The van der Waals surface area contributed by atoms with Crippen molar-refractivity contribution in [3.63, 3.8) is 0 Å². The first kappa shape index (κ1) is 15.3. The van der Waals surface area contributed by atoms with E-state index < -0.39 is 5.54 Å². The van der Waals surface area contributed by atoms with Gasteiger partial charge in [-0.15, -0.1) is 0 Å². The van der Waals surface area contributed by atoms with Crippen molar-refractivity contribution < 1.29 is 9.90 Å². The van der Waals surface area contributed by atoms with Crippen LogP contribution in [0, 0.1) is 0 Å². The number of aromatic amines is 1. The summed E-state index contributed by atoms with van der Waals surface area (Å²) in [5, 5.41) is 13.1. The van der Waals surface area contributed by atoms with E-state index in [0.717, 1.165) is 0 Å². The molecule has 1 aromatic carbocycles. The van der Waals surface area contributed by atoms with Gasteiger partial charge in [-0.3, -0.25) is 9.59 Å². The maximum Gasteiger partial charge on any atom is 0.252 e. The molecule has 0 atom stereocenters. The minimum atomic E-state index is -0.652. The lowest BCUT2D eigenvalue weighted by Gasteiger charge is -2.30. The quantitative estimate of drug-likeness (QED) is 0.784. The molecule has 0 saturated carbocycles. The maximum absolute atomic E-state index is 12.5. The summed E-state index contributed by atoms with van der Waals surface area (Å²) in [6.45, 7) is 3.69. The Bertz CT molecular complexity index is 694. The molecule has 3 N–H and O–H groups in total. The first-order chi connectivity index (χ1) is 10.0. The van der Waals surface area contributed by atoms with Crippen LogP contribution in [0.25, 0.3) is 10.9 Å². The summed E-state index contributed by atoms with van der Waals surface area (Å²) in [6.07, 6.45) is 1.24. The molecule has 112 valence electrons. The lowest BCUT2D eigenvalue weighted by Crippen LogP contribution is -2.50. The largest absolute Gasteiger partial charge is 0.394 e. The number of H-pyrrole nitrogens is 1. The highest BCUT2D eigenvalue weighted by atomic mass is 16.3. The van der Waals surface area contributed by atoms with Gasteiger partial charge in [-0.05, 0) is 18.9 Å². The summed E-state index contributed by atoms with van der Waals surface area (Å²) in [5.74, 6) is -0.338. The third-order valence-electron chi connectivity index (χ3n) is 4.03. The van der Waals surface area contributed by atoms with Crippen molar-refractivity contribution >= 4 is 16.8 Å². The molecule has 21 heavy (non-hydrogen) atoms. The van der Waals surface area contributed by atoms with Gasteiger partial charge in [0.25, 0.3) is 5.91 Å². The Morgan fingerprint density at radius 3 is 2.57 bits per heavy atom. The smallest absolute Gasteiger partial charge is 0.252 e. The van der Waals surface area contributed by atoms with E-state index in [1.54, 1.807) is 18.2 Å². The second-order valence-corrected chi connectivity index (χ2v) is 5.19. The van der Waals surface area contributed by atoms with Crippen molar-refractivity contribution in [3.05, 3.63) is 46.2 Å². The second-order valence-electron chi connectivity index (χ2n) is 5.19. The average molecular weight is 288 g/mol. The van der Waals surface area contributed by atoms with Crippen molar-refractivity contribution in [2.24, 2.45) is 0 Å². The van der Waals surface area contributed by atoms with Crippen molar-refractivity contribution in [1.29, 1.82) is 0 Å². The van der Waals surface area contributed by atoms with Crippen LogP contribution in [-0.2, 0) is 0 Å². The summed E-state index contributed by atoms with van der Waals surface area (Å²) in [7, 11) is 0. The molecule has 0 saturated heterocycles. The summed E-state index contributed by atoms with van der Waals surface area (Å²) >= 11 is 0. The molecule has 2 rings (SSSR count). The number of fused-ring (bicyclic) bond motifs is 1. The van der Waals surface area contributed by atoms with Crippen LogP contribution in [0.4, 0.5) is 0 Å². The Balaban J connectivity index is 2.47. The highest BCUT2D eigenvalue weighted by Crippen LogP contribution is 2.18. The van der Waals surface area contributed by atoms with Gasteiger partial charge in [0.2, 0.25) is 5.56 Å². The van der Waals surface area contributed by atoms with Gasteiger partial charge in [-0.1, -0.05) is 32.0 Å². The zero-order valence-corrected chi connectivity index (χ0v) is 12.3. The monoisotopic (exact) mass is 288 g/mol. The zero-order valence-electron chi connectivity index (χ0n) is 12.3. The Hall–Kier alpha value is -2.14. The summed E-state index contributed by atoms with van der Waals surface area (Å²) in [4.78, 5) is 26.9. The lowest BCUT2D eigenvalue weighted by molar-refractivity contribution is 0.0819. The van der Waals surface area contributed by atoms with Crippen LogP contribution in [0.2, 0.25) is 0 Å². The van der Waals surface area contributed by atoms with Crippen molar-refractivity contribution in [3.8, 4) is 0 Å². The molecule has 0 unspecified atom stereocenters. The highest BCUT2D eigenvalue weighted by Gasteiger charge is 2.28. The number of hydrogen-bond acceptors (Lipinski definition) is 3. The van der Waals surface area contributed by atoms with Gasteiger partial charge < -0.3 is 15.4 Å². The van der Waals surface area contributed by atoms with Crippen LogP contribution in [0.15, 0.2) is 35.1 Å². The average Bonchev–Trinajstić information content (AvgIpc) is 2.51. The Morgan fingerprint density at radius 1 is 1.29 bits per heavy atom. The molecule has 0 aliphatic carbocycles. The van der Waals surface area contributed by atoms with E-state index in [1.165, 1.54) is 6.07 Å². The summed E-state index contributed by atoms with van der Waals surface area (Å²) < 4.78 is 0. The van der Waals surface area contributed by atoms with Gasteiger partial charge in [-0.25, -0.2) is 0 Å². The van der Waals surface area contributed by atoms with E-state index in [1.807, 2.05) is 19.9 Å². The minimum Gasteiger partial charge on any atom is -0.394 e. The number of carbonyl (C=O) groups excluding carboxylic acids is 1. The van der Waals surface area contributed by atoms with Crippen LogP contribution < -0.4 is 10.9 Å². The standard InChI is InChI=1S/C16H20N2O3/c1-3-16(4-2,10-19)18-15(21)12-9-14(20)17-13-8-6-5-7-11(12)13/h5-9,19H,3-4,10H2,1-2H3,(H,17,20)(H,18,21). The summed E-state index contributed by atoms with van der Waals surface area (Å²) in [5.41, 5.74) is -0.0193. The number of aromatic nitrogens is 1. The van der Waals surface area contributed by atoms with E-state index in [2.05, 4.69) is 10.3 Å². The predicted octanol–water partition coefficient (Wildman–Crippen LogP) is 1.81. The number of para-hydroxylation sites is 1. The number of benzene rings is 1. The second kappa shape index (κ2) is 6.10. The number of pyridine rings is 1. The highest BCUT2D eigenvalue weighted by molar-refractivity contribution is 6.06. The number of rotatable bonds is 5. The Labute approximate surface area is 123 Å². The van der Waals surface area contributed by atoms with E-state index in [0.29, 0.717) is 29.3 Å². The molecule has 1 amide bonds. The van der Waals surface area contributed by atoms with Crippen LogP contribution in [0.5, 0.6) is 0 Å². The minimum absolute atomic E-state index is 0.132. The molecule has 0 fully saturated rings. The van der Waals surface area contributed by atoms with Gasteiger partial charge in [0.1, 0.15) is 0 Å². The normalized spacial score (nSPS) is 11.6. The third-order valence-corrected chi connectivity index (χ3v) is 4.03. The van der Waals surface area contributed by atoms with E-state index in [4.69, 9.17) is 0 Å². The Kier molecular flexibility index (Phi) is 4.43. The fourth-order valence-electron chi connectivity index (χ4n) is 2.39. The molecule has 0 aliphatic rings. The van der Waals surface area contributed by atoms with Gasteiger partial charge in [0.05, 0.1) is 17.7 Å². The van der Waals surface area contributed by atoms with E-state index in [-0.39, 0.29) is 18.1 Å². The maximum atomic E-state index is 12.5. The number of aliphatic hydroxyl groups is 1. The number of aliphatic hydroxyl groups excluding tert-OH is 1. The SMILES string of the molecule is CCC(CC)(CO)NC(=O)c1cc(=O)[nH]c2ccccc12. The van der Waals surface area contributed by atoms with E-state index >= 15 is 0 Å². The van der Waals surface area contributed by atoms with Crippen LogP contribution >= 0.6 is 0 Å². The molecule has 0 bridgehead atoms. The molecule has 2 aromatic rings. The van der Waals surface area contributed by atoms with Gasteiger partial charge >= 0.3 is 0 Å². The fraction of sp³-hybridized carbons (Fsp3) is 0.375. The predicted molar refractivity (Wildman–Crippen MR) is 82.4 cm³/mol.